The highest BCUT2D eigenvalue weighted by Gasteiger charge is 2.23. The lowest BCUT2D eigenvalue weighted by molar-refractivity contribution is 0.206. The van der Waals surface area contributed by atoms with Crippen molar-refractivity contribution < 1.29 is 0 Å². The average Bonchev–Trinajstić information content (AvgIpc) is 2.49. The van der Waals surface area contributed by atoms with Crippen molar-refractivity contribution in [3.63, 3.8) is 0 Å². The van der Waals surface area contributed by atoms with Crippen LogP contribution in [0.4, 0.5) is 0 Å². The second-order valence-corrected chi connectivity index (χ2v) is 8.68. The van der Waals surface area contributed by atoms with Gasteiger partial charge in [0.2, 0.25) is 0 Å². The maximum atomic E-state index is 2.56. The van der Waals surface area contributed by atoms with Crippen LogP contribution in [0.1, 0.15) is 85.3 Å². The number of nitrogens with zero attached hydrogens (tertiary/aromatic N) is 1. The molecule has 0 saturated heterocycles. The third-order valence-corrected chi connectivity index (χ3v) is 5.05. The number of hydrogen-bond acceptors (Lipinski definition) is 1. The minimum absolute atomic E-state index is 0.378. The summed E-state index contributed by atoms with van der Waals surface area (Å²) in [6.07, 6.45) is 2.46. The van der Waals surface area contributed by atoms with Crippen molar-refractivity contribution in [3.8, 4) is 0 Å². The van der Waals surface area contributed by atoms with Gasteiger partial charge in [0.05, 0.1) is 0 Å². The quantitative estimate of drug-likeness (QED) is 0.530. The van der Waals surface area contributed by atoms with E-state index in [-0.39, 0.29) is 0 Å². The molecule has 0 amide bonds. The molecule has 0 fully saturated rings. The van der Waals surface area contributed by atoms with Crippen LogP contribution in [0.5, 0.6) is 0 Å². The smallest absolute Gasteiger partial charge is 0.0236 e. The molecular formula is C22H39N. The lowest BCUT2D eigenvalue weighted by Gasteiger charge is -2.30. The fraction of sp³-hybridized carbons (Fsp3) is 0.727. The second-order valence-electron chi connectivity index (χ2n) is 8.68. The first-order valence-electron chi connectivity index (χ1n) is 9.50. The van der Waals surface area contributed by atoms with E-state index in [1.165, 1.54) is 24.0 Å². The molecule has 132 valence electrons. The molecule has 0 bridgehead atoms. The van der Waals surface area contributed by atoms with E-state index in [4.69, 9.17) is 0 Å². The maximum Gasteiger partial charge on any atom is 0.0236 e. The summed E-state index contributed by atoms with van der Waals surface area (Å²) in [6, 6.07) is 10.1. The van der Waals surface area contributed by atoms with Gasteiger partial charge in [0.1, 0.15) is 0 Å². The van der Waals surface area contributed by atoms with Crippen molar-refractivity contribution >= 4 is 0 Å². The first kappa shape index (κ1) is 20.2. The van der Waals surface area contributed by atoms with Crippen molar-refractivity contribution in [2.75, 3.05) is 6.54 Å². The van der Waals surface area contributed by atoms with E-state index in [0.29, 0.717) is 23.3 Å². The fourth-order valence-corrected chi connectivity index (χ4v) is 3.34. The lowest BCUT2D eigenvalue weighted by atomic mass is 9.76. The zero-order chi connectivity index (χ0) is 17.6. The van der Waals surface area contributed by atoms with Gasteiger partial charge in [-0.2, -0.15) is 0 Å². The number of benzene rings is 1. The molecule has 0 N–H and O–H groups in total. The summed E-state index contributed by atoms with van der Waals surface area (Å²) in [7, 11) is 0. The van der Waals surface area contributed by atoms with Crippen LogP contribution >= 0.6 is 0 Å². The summed E-state index contributed by atoms with van der Waals surface area (Å²) in [5, 5.41) is 0. The highest BCUT2D eigenvalue weighted by atomic mass is 15.1. The summed E-state index contributed by atoms with van der Waals surface area (Å²) in [5.41, 5.74) is 3.32. The minimum atomic E-state index is 0.378. The van der Waals surface area contributed by atoms with E-state index in [1.807, 2.05) is 0 Å². The standard InChI is InChI=1S/C22H39N/c1-9-18(5)23(10-2)16-19-11-13-20(14-12-19)21(17(3)4)15-22(6,7)8/h11-14,17-18,21H,9-10,15-16H2,1-8H3. The van der Waals surface area contributed by atoms with E-state index in [9.17, 15) is 0 Å². The number of hydrogen-bond donors (Lipinski definition) is 0. The van der Waals surface area contributed by atoms with Crippen molar-refractivity contribution in [2.45, 2.75) is 86.7 Å². The van der Waals surface area contributed by atoms with Crippen LogP contribution in [0.25, 0.3) is 0 Å². The molecule has 0 aliphatic heterocycles. The monoisotopic (exact) mass is 317 g/mol. The molecule has 0 radical (unpaired) electrons. The minimum Gasteiger partial charge on any atom is -0.297 e. The van der Waals surface area contributed by atoms with Crippen molar-refractivity contribution in [1.29, 1.82) is 0 Å². The summed E-state index contributed by atoms with van der Waals surface area (Å²) in [6.45, 7) is 20.8. The Bertz CT molecular complexity index is 438. The Morgan fingerprint density at radius 3 is 1.91 bits per heavy atom. The molecule has 1 rings (SSSR count). The average molecular weight is 318 g/mol. The van der Waals surface area contributed by atoms with Gasteiger partial charge in [-0.3, -0.25) is 4.90 Å². The van der Waals surface area contributed by atoms with Gasteiger partial charge in [-0.05, 0) is 54.7 Å². The predicted octanol–water partition coefficient (Wildman–Crippen LogP) is 6.48. The van der Waals surface area contributed by atoms with Gasteiger partial charge in [-0.25, -0.2) is 0 Å². The Labute approximate surface area is 145 Å². The Hall–Kier alpha value is -0.820. The highest BCUT2D eigenvalue weighted by Crippen LogP contribution is 2.36. The van der Waals surface area contributed by atoms with Gasteiger partial charge >= 0.3 is 0 Å². The van der Waals surface area contributed by atoms with Crippen LogP contribution in [0.3, 0.4) is 0 Å². The van der Waals surface area contributed by atoms with E-state index >= 15 is 0 Å². The largest absolute Gasteiger partial charge is 0.297 e. The maximum absolute atomic E-state index is 2.56. The zero-order valence-electron chi connectivity index (χ0n) is 16.8. The van der Waals surface area contributed by atoms with Gasteiger partial charge in [0.25, 0.3) is 0 Å². The molecule has 0 aliphatic carbocycles. The summed E-state index contributed by atoms with van der Waals surface area (Å²) in [5.74, 6) is 1.34. The Morgan fingerprint density at radius 2 is 1.52 bits per heavy atom. The van der Waals surface area contributed by atoms with Crippen LogP contribution in [0, 0.1) is 11.3 Å². The van der Waals surface area contributed by atoms with E-state index < -0.39 is 0 Å². The van der Waals surface area contributed by atoms with Crippen LogP contribution in [-0.4, -0.2) is 17.5 Å². The SMILES string of the molecule is CCC(C)N(CC)Cc1ccc(C(CC(C)(C)C)C(C)C)cc1. The topological polar surface area (TPSA) is 3.24 Å². The molecule has 0 aromatic heterocycles. The third kappa shape index (κ3) is 6.67. The molecule has 0 spiro atoms. The molecule has 23 heavy (non-hydrogen) atoms. The Morgan fingerprint density at radius 1 is 0.957 bits per heavy atom. The van der Waals surface area contributed by atoms with Gasteiger partial charge in [-0.1, -0.05) is 72.7 Å². The molecule has 1 nitrogen and oxygen atoms in total. The van der Waals surface area contributed by atoms with Crippen LogP contribution in [-0.2, 0) is 6.54 Å². The molecule has 0 aliphatic rings. The Kier molecular flexibility index (Phi) is 7.80. The Balaban J connectivity index is 2.85. The lowest BCUT2D eigenvalue weighted by Crippen LogP contribution is -2.31. The van der Waals surface area contributed by atoms with Crippen LogP contribution in [0.2, 0.25) is 0 Å². The molecule has 0 saturated carbocycles. The molecule has 1 aromatic carbocycles. The summed E-state index contributed by atoms with van der Waals surface area (Å²) < 4.78 is 0. The molecular weight excluding hydrogens is 278 g/mol. The summed E-state index contributed by atoms with van der Waals surface area (Å²) in [4.78, 5) is 2.56. The normalized spacial score (nSPS) is 15.2. The molecule has 2 unspecified atom stereocenters. The molecule has 0 heterocycles. The van der Waals surface area contributed by atoms with Gasteiger partial charge in [0, 0.05) is 12.6 Å². The molecule has 1 aromatic rings. The van der Waals surface area contributed by atoms with Gasteiger partial charge in [0.15, 0.2) is 0 Å². The molecule has 2 atom stereocenters. The predicted molar refractivity (Wildman–Crippen MR) is 104 cm³/mol. The highest BCUT2D eigenvalue weighted by molar-refractivity contribution is 5.26. The number of rotatable bonds is 8. The zero-order valence-corrected chi connectivity index (χ0v) is 16.8. The first-order valence-corrected chi connectivity index (χ1v) is 9.50. The van der Waals surface area contributed by atoms with Crippen molar-refractivity contribution in [3.05, 3.63) is 35.4 Å². The van der Waals surface area contributed by atoms with E-state index in [2.05, 4.69) is 84.6 Å². The van der Waals surface area contributed by atoms with E-state index in [1.54, 1.807) is 0 Å². The fourth-order valence-electron chi connectivity index (χ4n) is 3.34. The molecule has 1 heteroatoms. The van der Waals surface area contributed by atoms with Crippen LogP contribution < -0.4 is 0 Å². The second kappa shape index (κ2) is 8.87. The van der Waals surface area contributed by atoms with Gasteiger partial charge in [-0.15, -0.1) is 0 Å². The van der Waals surface area contributed by atoms with Crippen molar-refractivity contribution in [2.24, 2.45) is 11.3 Å². The third-order valence-electron chi connectivity index (χ3n) is 5.05. The van der Waals surface area contributed by atoms with Crippen LogP contribution in [0.15, 0.2) is 24.3 Å². The van der Waals surface area contributed by atoms with Crippen molar-refractivity contribution in [1.82, 2.24) is 4.90 Å². The van der Waals surface area contributed by atoms with Gasteiger partial charge < -0.3 is 0 Å². The summed E-state index contributed by atoms with van der Waals surface area (Å²) >= 11 is 0. The van der Waals surface area contributed by atoms with E-state index in [0.717, 1.165) is 13.1 Å². The first-order chi connectivity index (χ1) is 10.7.